The highest BCUT2D eigenvalue weighted by atomic mass is 32.2. The second kappa shape index (κ2) is 8.37. The number of aromatic nitrogens is 3. The van der Waals surface area contributed by atoms with E-state index in [9.17, 15) is 8.42 Å². The van der Waals surface area contributed by atoms with Crippen LogP contribution in [-0.4, -0.2) is 46.6 Å². The molecule has 5 atom stereocenters. The molecule has 2 unspecified atom stereocenters. The fourth-order valence-electron chi connectivity index (χ4n) is 5.96. The van der Waals surface area contributed by atoms with E-state index in [1.54, 1.807) is 24.8 Å². The molecule has 1 saturated carbocycles. The van der Waals surface area contributed by atoms with E-state index in [4.69, 9.17) is 0 Å². The van der Waals surface area contributed by atoms with Crippen molar-refractivity contribution in [1.29, 1.82) is 0 Å². The third-order valence-electron chi connectivity index (χ3n) is 7.91. The van der Waals surface area contributed by atoms with Gasteiger partial charge in [0.05, 0.1) is 5.69 Å². The summed E-state index contributed by atoms with van der Waals surface area (Å²) in [6, 6.07) is 11.5. The van der Waals surface area contributed by atoms with Gasteiger partial charge in [0.15, 0.2) is 0 Å². The first-order valence-electron chi connectivity index (χ1n) is 12.0. The van der Waals surface area contributed by atoms with Crippen molar-refractivity contribution < 1.29 is 17.2 Å². The normalized spacial score (nSPS) is 29.8. The highest BCUT2D eigenvalue weighted by molar-refractivity contribution is 7.89. The van der Waals surface area contributed by atoms with E-state index in [1.807, 2.05) is 34.6 Å². The Morgan fingerprint density at radius 3 is 2.34 bits per heavy atom. The minimum absolute atomic E-state index is 0.0575. The van der Waals surface area contributed by atoms with Gasteiger partial charge in [-0.25, -0.2) is 17.2 Å². The van der Waals surface area contributed by atoms with Crippen molar-refractivity contribution in [3.63, 3.8) is 0 Å². The van der Waals surface area contributed by atoms with E-state index in [0.717, 1.165) is 5.56 Å². The summed E-state index contributed by atoms with van der Waals surface area (Å²) in [6.07, 6.45) is 4.55. The van der Waals surface area contributed by atoms with Crippen molar-refractivity contribution in [2.24, 2.45) is 11.8 Å². The van der Waals surface area contributed by atoms with Crippen LogP contribution in [0.2, 0.25) is 0 Å². The highest BCUT2D eigenvalue weighted by Gasteiger charge is 2.57. The Kier molecular flexibility index (Phi) is 5.41. The van der Waals surface area contributed by atoms with Crippen molar-refractivity contribution >= 4 is 15.7 Å². The average molecular weight is 500 g/mol. The van der Waals surface area contributed by atoms with E-state index in [2.05, 4.69) is 10.2 Å². The zero-order valence-electron chi connectivity index (χ0n) is 19.3. The van der Waals surface area contributed by atoms with Gasteiger partial charge in [-0.2, -0.15) is 4.31 Å². The first-order chi connectivity index (χ1) is 16.8. The lowest BCUT2D eigenvalue weighted by molar-refractivity contribution is 0.279. The maximum absolute atomic E-state index is 15.2. The molecule has 6 rings (SSSR count). The quantitative estimate of drug-likeness (QED) is 0.532. The lowest BCUT2D eigenvalue weighted by Crippen LogP contribution is -2.44. The van der Waals surface area contributed by atoms with Gasteiger partial charge in [-0.05, 0) is 31.4 Å². The number of anilines is 1. The molecule has 10 heteroatoms. The summed E-state index contributed by atoms with van der Waals surface area (Å²) in [5.74, 6) is -0.378. The minimum atomic E-state index is -3.73. The third kappa shape index (κ3) is 3.83. The van der Waals surface area contributed by atoms with Crippen molar-refractivity contribution in [3.05, 3.63) is 77.9 Å². The summed E-state index contributed by atoms with van der Waals surface area (Å²) >= 11 is 0. The van der Waals surface area contributed by atoms with Gasteiger partial charge in [0, 0.05) is 55.2 Å². The highest BCUT2D eigenvalue weighted by Crippen LogP contribution is 2.56. The smallest absolute Gasteiger partial charge is 0.221 e. The number of sulfonamides is 1. The Labute approximate surface area is 203 Å². The maximum Gasteiger partial charge on any atom is 0.221 e. The largest absolute Gasteiger partial charge is 0.368 e. The van der Waals surface area contributed by atoms with Crippen LogP contribution in [0.15, 0.2) is 55.1 Å². The van der Waals surface area contributed by atoms with Gasteiger partial charge in [0.1, 0.15) is 29.5 Å². The Balaban J connectivity index is 1.20. The number of hydrogen-bond acceptors (Lipinski definition) is 5. The molecule has 184 valence electrons. The summed E-state index contributed by atoms with van der Waals surface area (Å²) in [4.78, 5) is 1.88. The molecular weight excluding hydrogens is 472 g/mol. The molecule has 35 heavy (non-hydrogen) atoms. The SMILES string of the molecule is C[C@H]1CCC(c2ccccc2)S(=O)(=O)N1Cc1cc(F)c(N2C[C@@H]3C(n4cnnc4)[C@@H]3C2)cc1F. The Morgan fingerprint density at radius 2 is 1.66 bits per heavy atom. The summed E-state index contributed by atoms with van der Waals surface area (Å²) in [5.41, 5.74) is 1.02. The lowest BCUT2D eigenvalue weighted by atomic mass is 10.0. The average Bonchev–Trinajstić information content (AvgIpc) is 3.21. The zero-order chi connectivity index (χ0) is 24.3. The fraction of sp³-hybridized carbons (Fsp3) is 0.440. The number of hydrogen-bond donors (Lipinski definition) is 0. The molecule has 0 radical (unpaired) electrons. The molecule has 1 aromatic heterocycles. The van der Waals surface area contributed by atoms with Gasteiger partial charge in [-0.3, -0.25) is 0 Å². The molecule has 3 aliphatic rings. The van der Waals surface area contributed by atoms with Crippen LogP contribution in [0.4, 0.5) is 14.5 Å². The number of halogens is 2. The van der Waals surface area contributed by atoms with E-state index in [-0.39, 0.29) is 23.8 Å². The molecule has 3 heterocycles. The summed E-state index contributed by atoms with van der Waals surface area (Å²) in [6.45, 7) is 2.92. The van der Waals surface area contributed by atoms with Crippen LogP contribution in [0.25, 0.3) is 0 Å². The van der Waals surface area contributed by atoms with Gasteiger partial charge in [0.25, 0.3) is 0 Å². The fourth-order valence-corrected chi connectivity index (χ4v) is 8.15. The van der Waals surface area contributed by atoms with Crippen LogP contribution in [0.1, 0.15) is 42.2 Å². The van der Waals surface area contributed by atoms with Crippen LogP contribution in [0.3, 0.4) is 0 Å². The molecule has 1 aliphatic carbocycles. The zero-order valence-corrected chi connectivity index (χ0v) is 20.2. The van der Waals surface area contributed by atoms with Gasteiger partial charge in [0.2, 0.25) is 10.0 Å². The van der Waals surface area contributed by atoms with Crippen LogP contribution in [0.5, 0.6) is 0 Å². The Morgan fingerprint density at radius 1 is 0.971 bits per heavy atom. The number of piperidine rings is 1. The van der Waals surface area contributed by atoms with Crippen LogP contribution < -0.4 is 4.90 Å². The van der Waals surface area contributed by atoms with E-state index >= 15 is 8.78 Å². The van der Waals surface area contributed by atoms with E-state index in [1.165, 1.54) is 16.4 Å². The molecule has 0 amide bonds. The van der Waals surface area contributed by atoms with Crippen LogP contribution >= 0.6 is 0 Å². The number of fused-ring (bicyclic) bond motifs is 1. The maximum atomic E-state index is 15.2. The second-order valence-corrected chi connectivity index (χ2v) is 12.0. The summed E-state index contributed by atoms with van der Waals surface area (Å²) in [7, 11) is -3.73. The molecule has 7 nitrogen and oxygen atoms in total. The molecular formula is C25H27F2N5O2S. The molecule has 3 aromatic rings. The van der Waals surface area contributed by atoms with Crippen molar-refractivity contribution in [1.82, 2.24) is 19.1 Å². The summed E-state index contributed by atoms with van der Waals surface area (Å²) < 4.78 is 60.6. The first kappa shape index (κ1) is 22.6. The van der Waals surface area contributed by atoms with Crippen molar-refractivity contribution in [2.75, 3.05) is 18.0 Å². The number of nitrogens with zero attached hydrogens (tertiary/aromatic N) is 5. The predicted molar refractivity (Wildman–Crippen MR) is 127 cm³/mol. The first-order valence-corrected chi connectivity index (χ1v) is 13.5. The monoisotopic (exact) mass is 499 g/mol. The number of rotatable bonds is 5. The topological polar surface area (TPSA) is 71.3 Å². The molecule has 0 spiro atoms. The van der Waals surface area contributed by atoms with Crippen LogP contribution in [-0.2, 0) is 16.6 Å². The molecule has 0 bridgehead atoms. The number of benzene rings is 2. The Hall–Kier alpha value is -2.85. The predicted octanol–water partition coefficient (Wildman–Crippen LogP) is 3.92. The lowest BCUT2D eigenvalue weighted by Gasteiger charge is -2.37. The summed E-state index contributed by atoms with van der Waals surface area (Å²) in [5, 5.41) is 7.02. The minimum Gasteiger partial charge on any atom is -0.368 e. The van der Waals surface area contributed by atoms with E-state index < -0.39 is 26.9 Å². The van der Waals surface area contributed by atoms with Gasteiger partial charge < -0.3 is 9.47 Å². The molecule has 2 saturated heterocycles. The van der Waals surface area contributed by atoms with Gasteiger partial charge >= 0.3 is 0 Å². The standard InChI is InChI=1S/C25H27F2N5O2S/c1-16-7-8-24(17-5-3-2-4-6-17)35(33,34)32(16)11-18-9-22(27)23(10-21(18)26)30-12-19-20(13-30)25(19)31-14-28-29-15-31/h2-6,9-10,14-16,19-20,24-25H,7-8,11-13H2,1H3/t16-,19-,20+,24?,25?/m0/s1. The molecule has 2 aliphatic heterocycles. The molecule has 2 aromatic carbocycles. The second-order valence-electron chi connectivity index (χ2n) is 9.94. The van der Waals surface area contributed by atoms with Crippen LogP contribution in [0, 0.1) is 23.5 Å². The van der Waals surface area contributed by atoms with Gasteiger partial charge in [-0.1, -0.05) is 30.3 Å². The molecule has 3 fully saturated rings. The van der Waals surface area contributed by atoms with Crippen molar-refractivity contribution in [3.8, 4) is 0 Å². The Bertz CT molecular complexity index is 1320. The molecule has 0 N–H and O–H groups in total. The van der Waals surface area contributed by atoms with Gasteiger partial charge in [-0.15, -0.1) is 10.2 Å². The van der Waals surface area contributed by atoms with Crippen molar-refractivity contribution in [2.45, 2.75) is 43.6 Å². The third-order valence-corrected chi connectivity index (χ3v) is 10.3. The van der Waals surface area contributed by atoms with E-state index in [0.29, 0.717) is 43.8 Å².